The summed E-state index contributed by atoms with van der Waals surface area (Å²) in [5, 5.41) is 0. The molecular weight excluding hydrogens is 315 g/mol. The van der Waals surface area contributed by atoms with Gasteiger partial charge in [-0.3, -0.25) is 4.79 Å². The van der Waals surface area contributed by atoms with Crippen molar-refractivity contribution in [2.24, 2.45) is 0 Å². The third kappa shape index (κ3) is 3.98. The van der Waals surface area contributed by atoms with Crippen molar-refractivity contribution in [2.45, 2.75) is 12.5 Å². The summed E-state index contributed by atoms with van der Waals surface area (Å²) < 4.78 is 29.2. The van der Waals surface area contributed by atoms with Crippen LogP contribution in [0.2, 0.25) is 0 Å². The van der Waals surface area contributed by atoms with Crippen LogP contribution in [0.1, 0.15) is 23.3 Å². The van der Waals surface area contributed by atoms with Crippen molar-refractivity contribution in [2.75, 3.05) is 33.4 Å². The van der Waals surface area contributed by atoms with E-state index in [9.17, 15) is 9.18 Å². The van der Waals surface area contributed by atoms with Gasteiger partial charge < -0.3 is 18.8 Å². The number of benzene rings is 1. The van der Waals surface area contributed by atoms with E-state index in [1.165, 1.54) is 19.2 Å². The number of nitrogens with zero attached hydrogens (tertiary/aromatic N) is 2. The molecule has 0 bridgehead atoms. The number of carbonyl (C=O) groups is 1. The molecule has 0 N–H and O–H groups in total. The molecule has 2 aromatic rings. The first-order valence-electron chi connectivity index (χ1n) is 7.73. The summed E-state index contributed by atoms with van der Waals surface area (Å²) in [6, 6.07) is 6.24. The van der Waals surface area contributed by atoms with Crippen molar-refractivity contribution in [1.82, 2.24) is 9.88 Å². The Morgan fingerprint density at radius 1 is 1.42 bits per heavy atom. The van der Waals surface area contributed by atoms with Crippen molar-refractivity contribution in [3.63, 3.8) is 0 Å². The molecule has 1 aliphatic rings. The normalized spacial score (nSPS) is 17.9. The lowest BCUT2D eigenvalue weighted by atomic mass is 10.1. The van der Waals surface area contributed by atoms with Crippen molar-refractivity contribution in [3.05, 3.63) is 53.5 Å². The Labute approximate surface area is 139 Å². The molecule has 128 valence electrons. The average molecular weight is 334 g/mol. The Kier molecular flexibility index (Phi) is 5.22. The second-order valence-corrected chi connectivity index (χ2v) is 5.60. The lowest BCUT2D eigenvalue weighted by Gasteiger charge is -2.31. The van der Waals surface area contributed by atoms with Crippen LogP contribution in [0.3, 0.4) is 0 Å². The standard InChI is InChI=1S/C17H19FN2O4/c1-22-11-16(21)20-6-7-23-15(10-20)17-19-9-14(24-17)8-12-2-4-13(18)5-3-12/h2-5,9,15H,6-8,10-11H2,1H3/t15-/m0/s1. The van der Waals surface area contributed by atoms with Crippen molar-refractivity contribution in [3.8, 4) is 0 Å². The molecule has 1 aromatic carbocycles. The van der Waals surface area contributed by atoms with E-state index in [1.807, 2.05) is 0 Å². The Balaban J connectivity index is 1.64. The number of hydrogen-bond donors (Lipinski definition) is 0. The molecule has 0 unspecified atom stereocenters. The van der Waals surface area contributed by atoms with E-state index in [-0.39, 0.29) is 24.4 Å². The number of morpholine rings is 1. The number of oxazole rings is 1. The number of ether oxygens (including phenoxy) is 2. The maximum Gasteiger partial charge on any atom is 0.248 e. The quantitative estimate of drug-likeness (QED) is 0.836. The number of amides is 1. The van der Waals surface area contributed by atoms with Crippen LogP contribution in [-0.4, -0.2) is 49.2 Å². The summed E-state index contributed by atoms with van der Waals surface area (Å²) in [5.41, 5.74) is 0.931. The number of hydrogen-bond acceptors (Lipinski definition) is 5. The lowest BCUT2D eigenvalue weighted by molar-refractivity contribution is -0.143. The van der Waals surface area contributed by atoms with Crippen LogP contribution in [0.5, 0.6) is 0 Å². The molecule has 0 radical (unpaired) electrons. The minimum atomic E-state index is -0.387. The third-order valence-corrected chi connectivity index (χ3v) is 3.83. The second-order valence-electron chi connectivity index (χ2n) is 5.60. The molecule has 0 spiro atoms. The van der Waals surface area contributed by atoms with Gasteiger partial charge in [0.25, 0.3) is 0 Å². The first-order valence-corrected chi connectivity index (χ1v) is 7.73. The second kappa shape index (κ2) is 7.55. The summed E-state index contributed by atoms with van der Waals surface area (Å²) in [5.74, 6) is 0.764. The van der Waals surface area contributed by atoms with E-state index in [2.05, 4.69) is 4.98 Å². The summed E-state index contributed by atoms with van der Waals surface area (Å²) in [6.45, 7) is 1.39. The summed E-state index contributed by atoms with van der Waals surface area (Å²) in [4.78, 5) is 17.9. The minimum absolute atomic E-state index is 0.0497. The highest BCUT2D eigenvalue weighted by Gasteiger charge is 2.28. The monoisotopic (exact) mass is 334 g/mol. The van der Waals surface area contributed by atoms with E-state index in [1.54, 1.807) is 23.2 Å². The molecular formula is C17H19FN2O4. The van der Waals surface area contributed by atoms with Gasteiger partial charge in [-0.25, -0.2) is 9.37 Å². The van der Waals surface area contributed by atoms with Gasteiger partial charge in [0.05, 0.1) is 19.3 Å². The SMILES string of the molecule is COCC(=O)N1CCO[C@H](c2ncc(Cc3ccc(F)cc3)o2)C1. The topological polar surface area (TPSA) is 64.8 Å². The van der Waals surface area contributed by atoms with Crippen molar-refractivity contribution >= 4 is 5.91 Å². The number of carbonyl (C=O) groups excluding carboxylic acids is 1. The van der Waals surface area contributed by atoms with Crippen LogP contribution in [-0.2, 0) is 20.7 Å². The zero-order valence-corrected chi connectivity index (χ0v) is 13.4. The maximum atomic E-state index is 12.9. The Bertz CT molecular complexity index is 686. The molecule has 1 aliphatic heterocycles. The molecule has 1 amide bonds. The highest BCUT2D eigenvalue weighted by molar-refractivity contribution is 5.77. The Hall–Kier alpha value is -2.25. The van der Waals surface area contributed by atoms with Gasteiger partial charge >= 0.3 is 0 Å². The largest absolute Gasteiger partial charge is 0.442 e. The van der Waals surface area contributed by atoms with Gasteiger partial charge in [0, 0.05) is 20.1 Å². The smallest absolute Gasteiger partial charge is 0.248 e. The zero-order valence-electron chi connectivity index (χ0n) is 13.4. The average Bonchev–Trinajstić information content (AvgIpc) is 3.06. The van der Waals surface area contributed by atoms with Crippen LogP contribution < -0.4 is 0 Å². The van der Waals surface area contributed by atoms with Crippen LogP contribution in [0, 0.1) is 5.82 Å². The van der Waals surface area contributed by atoms with E-state index in [0.717, 1.165) is 5.56 Å². The summed E-state index contributed by atoms with van der Waals surface area (Å²) in [7, 11) is 1.49. The maximum absolute atomic E-state index is 12.9. The zero-order chi connectivity index (χ0) is 16.9. The predicted octanol–water partition coefficient (Wildman–Crippen LogP) is 1.95. The number of halogens is 1. The Morgan fingerprint density at radius 2 is 2.21 bits per heavy atom. The molecule has 1 aromatic heterocycles. The summed E-state index contributed by atoms with van der Waals surface area (Å²) in [6.07, 6.45) is 1.77. The van der Waals surface area contributed by atoms with Gasteiger partial charge in [-0.2, -0.15) is 0 Å². The molecule has 0 saturated carbocycles. The van der Waals surface area contributed by atoms with Gasteiger partial charge in [0.1, 0.15) is 18.2 Å². The van der Waals surface area contributed by atoms with Crippen LogP contribution in [0.15, 0.2) is 34.9 Å². The number of methoxy groups -OCH3 is 1. The van der Waals surface area contributed by atoms with Gasteiger partial charge in [-0.05, 0) is 17.7 Å². The fraction of sp³-hybridized carbons (Fsp3) is 0.412. The third-order valence-electron chi connectivity index (χ3n) is 3.83. The van der Waals surface area contributed by atoms with Crippen molar-refractivity contribution in [1.29, 1.82) is 0 Å². The van der Waals surface area contributed by atoms with E-state index in [4.69, 9.17) is 13.9 Å². The fourth-order valence-corrected chi connectivity index (χ4v) is 2.60. The first kappa shape index (κ1) is 16.6. The van der Waals surface area contributed by atoms with E-state index >= 15 is 0 Å². The molecule has 6 nitrogen and oxygen atoms in total. The molecule has 7 heteroatoms. The van der Waals surface area contributed by atoms with Crippen LogP contribution >= 0.6 is 0 Å². The van der Waals surface area contributed by atoms with Gasteiger partial charge in [-0.15, -0.1) is 0 Å². The van der Waals surface area contributed by atoms with E-state index in [0.29, 0.717) is 37.8 Å². The highest BCUT2D eigenvalue weighted by atomic mass is 19.1. The highest BCUT2D eigenvalue weighted by Crippen LogP contribution is 2.23. The van der Waals surface area contributed by atoms with Gasteiger partial charge in [0.15, 0.2) is 6.10 Å². The predicted molar refractivity (Wildman–Crippen MR) is 82.9 cm³/mol. The van der Waals surface area contributed by atoms with E-state index < -0.39 is 0 Å². The number of aromatic nitrogens is 1. The van der Waals surface area contributed by atoms with Crippen molar-refractivity contribution < 1.29 is 23.1 Å². The molecule has 3 rings (SSSR count). The molecule has 1 fully saturated rings. The van der Waals surface area contributed by atoms with Gasteiger partial charge in [0.2, 0.25) is 11.8 Å². The lowest BCUT2D eigenvalue weighted by Crippen LogP contribution is -2.43. The Morgan fingerprint density at radius 3 is 2.96 bits per heavy atom. The van der Waals surface area contributed by atoms with Crippen LogP contribution in [0.4, 0.5) is 4.39 Å². The molecule has 2 heterocycles. The molecule has 1 saturated heterocycles. The van der Waals surface area contributed by atoms with Gasteiger partial charge in [-0.1, -0.05) is 12.1 Å². The summed E-state index contributed by atoms with van der Waals surface area (Å²) >= 11 is 0. The molecule has 1 atom stereocenters. The first-order chi connectivity index (χ1) is 11.7. The minimum Gasteiger partial charge on any atom is -0.442 e. The molecule has 0 aliphatic carbocycles. The fourth-order valence-electron chi connectivity index (χ4n) is 2.60. The number of rotatable bonds is 5. The molecule has 24 heavy (non-hydrogen) atoms. The van der Waals surface area contributed by atoms with Crippen LogP contribution in [0.25, 0.3) is 0 Å².